The van der Waals surface area contributed by atoms with Crippen LogP contribution in [0.25, 0.3) is 0 Å². The van der Waals surface area contributed by atoms with Crippen LogP contribution in [-0.2, 0) is 16.1 Å². The number of furan rings is 1. The van der Waals surface area contributed by atoms with Gasteiger partial charge in [0.15, 0.2) is 5.76 Å². The highest BCUT2D eigenvalue weighted by Gasteiger charge is 2.33. The molecule has 1 aliphatic carbocycles. The molecule has 4 rings (SSSR count). The molecule has 1 aliphatic rings. The molecule has 8 nitrogen and oxygen atoms in total. The summed E-state index contributed by atoms with van der Waals surface area (Å²) < 4.78 is 10.4. The quantitative estimate of drug-likeness (QED) is 0.451. The molecule has 1 heterocycles. The molecular formula is C28H31N3O5. The minimum atomic E-state index is -0.885. The monoisotopic (exact) mass is 489 g/mol. The minimum Gasteiger partial charge on any atom is -0.497 e. The topological polar surface area (TPSA) is 101 Å². The maximum atomic E-state index is 13.7. The number of benzene rings is 2. The van der Waals surface area contributed by atoms with Crippen molar-refractivity contribution in [3.05, 3.63) is 89.9 Å². The molecule has 1 atom stereocenters. The van der Waals surface area contributed by atoms with E-state index in [9.17, 15) is 14.4 Å². The lowest BCUT2D eigenvalue weighted by Crippen LogP contribution is -2.48. The number of hydrogen-bond acceptors (Lipinski definition) is 5. The summed E-state index contributed by atoms with van der Waals surface area (Å²) in [5.41, 5.74) is 1.53. The van der Waals surface area contributed by atoms with Gasteiger partial charge in [0.2, 0.25) is 11.8 Å². The Bertz CT molecular complexity index is 1140. The van der Waals surface area contributed by atoms with Crippen molar-refractivity contribution in [3.8, 4) is 5.75 Å². The van der Waals surface area contributed by atoms with Gasteiger partial charge in [-0.25, -0.2) is 0 Å². The normalized spacial score (nSPS) is 14.1. The molecule has 0 unspecified atom stereocenters. The van der Waals surface area contributed by atoms with Crippen molar-refractivity contribution in [2.75, 3.05) is 13.7 Å². The molecule has 1 saturated carbocycles. The van der Waals surface area contributed by atoms with Gasteiger partial charge in [0, 0.05) is 12.6 Å². The number of hydrogen-bond donors (Lipinski definition) is 2. The zero-order chi connectivity index (χ0) is 25.3. The van der Waals surface area contributed by atoms with Gasteiger partial charge in [-0.15, -0.1) is 0 Å². The van der Waals surface area contributed by atoms with Crippen molar-refractivity contribution in [1.82, 2.24) is 15.5 Å². The average Bonchev–Trinajstić information content (AvgIpc) is 3.63. The van der Waals surface area contributed by atoms with Crippen molar-refractivity contribution in [2.45, 2.75) is 44.3 Å². The van der Waals surface area contributed by atoms with E-state index in [0.717, 1.165) is 31.2 Å². The van der Waals surface area contributed by atoms with Crippen LogP contribution in [0, 0.1) is 0 Å². The Hall–Kier alpha value is -4.07. The van der Waals surface area contributed by atoms with E-state index in [1.807, 2.05) is 30.3 Å². The molecule has 2 aromatic carbocycles. The second-order valence-corrected chi connectivity index (χ2v) is 8.83. The fourth-order valence-electron chi connectivity index (χ4n) is 4.47. The van der Waals surface area contributed by atoms with E-state index in [1.165, 1.54) is 17.2 Å². The first-order chi connectivity index (χ1) is 17.5. The second kappa shape index (κ2) is 12.1. The van der Waals surface area contributed by atoms with Crippen LogP contribution in [-0.4, -0.2) is 42.3 Å². The third-order valence-corrected chi connectivity index (χ3v) is 6.35. The Balaban J connectivity index is 1.63. The summed E-state index contributed by atoms with van der Waals surface area (Å²) in [6.07, 6.45) is 5.39. The van der Waals surface area contributed by atoms with Crippen LogP contribution in [0.2, 0.25) is 0 Å². The third kappa shape index (κ3) is 6.33. The van der Waals surface area contributed by atoms with Crippen LogP contribution in [0.1, 0.15) is 53.4 Å². The van der Waals surface area contributed by atoms with Crippen molar-refractivity contribution in [2.24, 2.45) is 0 Å². The van der Waals surface area contributed by atoms with Gasteiger partial charge in [-0.3, -0.25) is 14.4 Å². The second-order valence-electron chi connectivity index (χ2n) is 8.83. The minimum absolute atomic E-state index is 0.0885. The summed E-state index contributed by atoms with van der Waals surface area (Å²) in [5.74, 6) is -0.359. The highest BCUT2D eigenvalue weighted by atomic mass is 16.5. The smallest absolute Gasteiger partial charge is 0.287 e. The molecule has 3 aromatic rings. The standard InChI is InChI=1S/C28H31N3O5/c1-35-23-15-13-21(14-16-23)26(28(34)30-22-10-5-6-11-22)31(19-20-8-3-2-4-9-20)25(32)18-29-27(33)24-12-7-17-36-24/h2-4,7-9,12-17,22,26H,5-6,10-11,18-19H2,1H3,(H,29,33)(H,30,34)/t26-/m0/s1. The molecule has 0 bridgehead atoms. The fraction of sp³-hybridized carbons (Fsp3) is 0.321. The molecule has 2 N–H and O–H groups in total. The zero-order valence-corrected chi connectivity index (χ0v) is 20.3. The Kier molecular flexibility index (Phi) is 8.39. The molecule has 36 heavy (non-hydrogen) atoms. The fourth-order valence-corrected chi connectivity index (χ4v) is 4.47. The molecule has 1 aromatic heterocycles. The summed E-state index contributed by atoms with van der Waals surface area (Å²) in [6, 6.07) is 18.9. The van der Waals surface area contributed by atoms with E-state index in [1.54, 1.807) is 37.4 Å². The molecule has 8 heteroatoms. The number of amides is 3. The number of carbonyl (C=O) groups excluding carboxylic acids is 3. The lowest BCUT2D eigenvalue weighted by molar-refractivity contribution is -0.141. The number of ether oxygens (including phenoxy) is 1. The number of nitrogens with one attached hydrogen (secondary N) is 2. The summed E-state index contributed by atoms with van der Waals surface area (Å²) in [4.78, 5) is 41.2. The van der Waals surface area contributed by atoms with Gasteiger partial charge >= 0.3 is 0 Å². The van der Waals surface area contributed by atoms with Gasteiger partial charge < -0.3 is 24.7 Å². The molecule has 0 radical (unpaired) electrons. The van der Waals surface area contributed by atoms with E-state index in [-0.39, 0.29) is 36.7 Å². The van der Waals surface area contributed by atoms with Gasteiger partial charge in [0.1, 0.15) is 11.8 Å². The number of methoxy groups -OCH3 is 1. The number of carbonyl (C=O) groups is 3. The molecular weight excluding hydrogens is 458 g/mol. The van der Waals surface area contributed by atoms with Crippen LogP contribution in [0.3, 0.4) is 0 Å². The highest BCUT2D eigenvalue weighted by Crippen LogP contribution is 2.27. The third-order valence-electron chi connectivity index (χ3n) is 6.35. The number of nitrogens with zero attached hydrogens (tertiary/aromatic N) is 1. The van der Waals surface area contributed by atoms with Crippen LogP contribution in [0.15, 0.2) is 77.4 Å². The summed E-state index contributed by atoms with van der Waals surface area (Å²) in [7, 11) is 1.58. The van der Waals surface area contributed by atoms with Crippen molar-refractivity contribution < 1.29 is 23.5 Å². The van der Waals surface area contributed by atoms with Crippen molar-refractivity contribution >= 4 is 17.7 Å². The van der Waals surface area contributed by atoms with E-state index in [4.69, 9.17) is 9.15 Å². The highest BCUT2D eigenvalue weighted by molar-refractivity contribution is 5.95. The SMILES string of the molecule is COc1ccc([C@@H](C(=O)NC2CCCC2)N(Cc2ccccc2)C(=O)CNC(=O)c2ccco2)cc1. The lowest BCUT2D eigenvalue weighted by Gasteiger charge is -2.32. The van der Waals surface area contributed by atoms with Gasteiger partial charge in [0.05, 0.1) is 19.9 Å². The van der Waals surface area contributed by atoms with Crippen LogP contribution < -0.4 is 15.4 Å². The molecule has 3 amide bonds. The molecule has 0 aliphatic heterocycles. The first-order valence-corrected chi connectivity index (χ1v) is 12.1. The van der Waals surface area contributed by atoms with Crippen LogP contribution in [0.4, 0.5) is 0 Å². The molecule has 0 spiro atoms. The average molecular weight is 490 g/mol. The summed E-state index contributed by atoms with van der Waals surface area (Å²) in [6.45, 7) is -0.0825. The Morgan fingerprint density at radius 3 is 2.36 bits per heavy atom. The van der Waals surface area contributed by atoms with Crippen LogP contribution >= 0.6 is 0 Å². The summed E-state index contributed by atoms with van der Waals surface area (Å²) >= 11 is 0. The summed E-state index contributed by atoms with van der Waals surface area (Å²) in [5, 5.41) is 5.76. The van der Waals surface area contributed by atoms with E-state index >= 15 is 0 Å². The first kappa shape index (κ1) is 25.0. The van der Waals surface area contributed by atoms with E-state index < -0.39 is 11.9 Å². The molecule has 188 valence electrons. The predicted octanol–water partition coefficient (Wildman–Crippen LogP) is 3.85. The maximum absolute atomic E-state index is 13.7. The molecule has 0 saturated heterocycles. The first-order valence-electron chi connectivity index (χ1n) is 12.1. The van der Waals surface area contributed by atoms with Gasteiger partial charge in [-0.1, -0.05) is 55.3 Å². The van der Waals surface area contributed by atoms with Gasteiger partial charge in [0.25, 0.3) is 5.91 Å². The largest absolute Gasteiger partial charge is 0.497 e. The molecule has 1 fully saturated rings. The van der Waals surface area contributed by atoms with Gasteiger partial charge in [-0.2, -0.15) is 0 Å². The van der Waals surface area contributed by atoms with Crippen molar-refractivity contribution in [1.29, 1.82) is 0 Å². The van der Waals surface area contributed by atoms with Gasteiger partial charge in [-0.05, 0) is 48.2 Å². The van der Waals surface area contributed by atoms with Crippen LogP contribution in [0.5, 0.6) is 5.75 Å². The van der Waals surface area contributed by atoms with E-state index in [2.05, 4.69) is 10.6 Å². The Morgan fingerprint density at radius 2 is 1.72 bits per heavy atom. The van der Waals surface area contributed by atoms with Crippen molar-refractivity contribution in [3.63, 3.8) is 0 Å². The van der Waals surface area contributed by atoms with E-state index in [0.29, 0.717) is 11.3 Å². The Labute approximate surface area is 210 Å². The maximum Gasteiger partial charge on any atom is 0.287 e. The zero-order valence-electron chi connectivity index (χ0n) is 20.3. The predicted molar refractivity (Wildman–Crippen MR) is 134 cm³/mol. The lowest BCUT2D eigenvalue weighted by atomic mass is 10.0. The number of rotatable bonds is 10. The Morgan fingerprint density at radius 1 is 1.00 bits per heavy atom.